The number of hydrogen-bond acceptors (Lipinski definition) is 7. The molecule has 170 valence electrons. The monoisotopic (exact) mass is 476 g/mol. The molecule has 3 aromatic rings. The lowest BCUT2D eigenvalue weighted by molar-refractivity contribution is -0.120. The van der Waals surface area contributed by atoms with Crippen LogP contribution in [0.4, 0.5) is 0 Å². The molecule has 0 saturated carbocycles. The summed E-state index contributed by atoms with van der Waals surface area (Å²) in [6.07, 6.45) is 0.658. The SMILES string of the molecule is COc1ccc(CCNC(=O)[C@H](C)Sc2nnc(-c3cc(Cl)ccc3O)n2C)cc1OC. The van der Waals surface area contributed by atoms with Gasteiger partial charge in [-0.3, -0.25) is 4.79 Å². The minimum Gasteiger partial charge on any atom is -0.507 e. The van der Waals surface area contributed by atoms with E-state index >= 15 is 0 Å². The standard InChI is InChI=1S/C22H25ClN4O4S/c1-13(21(29)24-10-9-14-5-8-18(30-3)19(11-14)31-4)32-22-26-25-20(27(22)2)16-12-15(23)6-7-17(16)28/h5-8,11-13,28H,9-10H2,1-4H3,(H,24,29)/t13-/m0/s1. The average molecular weight is 477 g/mol. The van der Waals surface area contributed by atoms with Crippen LogP contribution in [0.15, 0.2) is 41.6 Å². The maximum absolute atomic E-state index is 12.6. The number of nitrogens with zero attached hydrogens (tertiary/aromatic N) is 3. The summed E-state index contributed by atoms with van der Waals surface area (Å²) in [6.45, 7) is 2.29. The summed E-state index contributed by atoms with van der Waals surface area (Å²) in [5.74, 6) is 1.74. The lowest BCUT2D eigenvalue weighted by Crippen LogP contribution is -2.32. The first kappa shape index (κ1) is 23.7. The van der Waals surface area contributed by atoms with Gasteiger partial charge in [0.15, 0.2) is 22.5 Å². The number of aromatic nitrogens is 3. The van der Waals surface area contributed by atoms with Gasteiger partial charge in [-0.25, -0.2) is 0 Å². The molecule has 10 heteroatoms. The van der Waals surface area contributed by atoms with Crippen molar-refractivity contribution in [1.29, 1.82) is 0 Å². The molecule has 32 heavy (non-hydrogen) atoms. The summed E-state index contributed by atoms with van der Waals surface area (Å²) in [4.78, 5) is 12.6. The van der Waals surface area contributed by atoms with Crippen LogP contribution in [-0.2, 0) is 18.3 Å². The molecule has 0 saturated heterocycles. The number of halogens is 1. The second kappa shape index (κ2) is 10.6. The second-order valence-corrected chi connectivity index (χ2v) is 8.76. The van der Waals surface area contributed by atoms with Crippen LogP contribution >= 0.6 is 23.4 Å². The van der Waals surface area contributed by atoms with Crippen LogP contribution in [0.2, 0.25) is 5.02 Å². The highest BCUT2D eigenvalue weighted by molar-refractivity contribution is 8.00. The quantitative estimate of drug-likeness (QED) is 0.454. The van der Waals surface area contributed by atoms with Crippen LogP contribution in [0.5, 0.6) is 17.2 Å². The maximum Gasteiger partial charge on any atom is 0.233 e. The Morgan fingerprint density at radius 2 is 1.94 bits per heavy atom. The number of methoxy groups -OCH3 is 2. The smallest absolute Gasteiger partial charge is 0.233 e. The number of hydrogen-bond donors (Lipinski definition) is 2. The first-order valence-electron chi connectivity index (χ1n) is 9.87. The van der Waals surface area contributed by atoms with Gasteiger partial charge in [-0.15, -0.1) is 10.2 Å². The highest BCUT2D eigenvalue weighted by atomic mass is 35.5. The number of amides is 1. The highest BCUT2D eigenvalue weighted by Crippen LogP contribution is 2.32. The van der Waals surface area contributed by atoms with E-state index in [9.17, 15) is 9.90 Å². The third kappa shape index (κ3) is 5.46. The number of carbonyl (C=O) groups is 1. The molecule has 0 bridgehead atoms. The number of thioether (sulfide) groups is 1. The first-order chi connectivity index (χ1) is 15.3. The Morgan fingerprint density at radius 1 is 1.19 bits per heavy atom. The van der Waals surface area contributed by atoms with E-state index in [0.29, 0.717) is 46.0 Å². The van der Waals surface area contributed by atoms with Crippen LogP contribution < -0.4 is 14.8 Å². The Labute approximate surface area is 195 Å². The number of carbonyl (C=O) groups excluding carboxylic acids is 1. The molecule has 1 heterocycles. The molecule has 2 N–H and O–H groups in total. The number of nitrogens with one attached hydrogen (secondary N) is 1. The number of benzene rings is 2. The van der Waals surface area contributed by atoms with Crippen molar-refractivity contribution < 1.29 is 19.4 Å². The number of rotatable bonds is 9. The van der Waals surface area contributed by atoms with Crippen molar-refractivity contribution in [3.05, 3.63) is 47.0 Å². The van der Waals surface area contributed by atoms with E-state index in [0.717, 1.165) is 5.56 Å². The molecule has 0 unspecified atom stereocenters. The average Bonchev–Trinajstić information content (AvgIpc) is 3.14. The van der Waals surface area contributed by atoms with Crippen LogP contribution in [0.3, 0.4) is 0 Å². The number of aromatic hydroxyl groups is 1. The molecule has 0 spiro atoms. The fourth-order valence-electron chi connectivity index (χ4n) is 3.06. The Morgan fingerprint density at radius 3 is 2.66 bits per heavy atom. The molecule has 1 amide bonds. The minimum absolute atomic E-state index is 0.0578. The predicted octanol–water partition coefficient (Wildman–Crippen LogP) is 3.70. The van der Waals surface area contributed by atoms with Gasteiger partial charge >= 0.3 is 0 Å². The third-order valence-electron chi connectivity index (χ3n) is 4.85. The van der Waals surface area contributed by atoms with Crippen molar-refractivity contribution in [2.45, 2.75) is 23.8 Å². The van der Waals surface area contributed by atoms with Crippen molar-refractivity contribution in [3.8, 4) is 28.6 Å². The van der Waals surface area contributed by atoms with Gasteiger partial charge in [-0.05, 0) is 49.2 Å². The van der Waals surface area contributed by atoms with Gasteiger partial charge in [-0.1, -0.05) is 29.4 Å². The fraction of sp³-hybridized carbons (Fsp3) is 0.318. The lowest BCUT2D eigenvalue weighted by Gasteiger charge is -2.13. The van der Waals surface area contributed by atoms with Crippen molar-refractivity contribution >= 4 is 29.3 Å². The van der Waals surface area contributed by atoms with Crippen LogP contribution in [-0.4, -0.2) is 51.8 Å². The zero-order chi connectivity index (χ0) is 23.3. The van der Waals surface area contributed by atoms with Crippen LogP contribution in [0.1, 0.15) is 12.5 Å². The molecule has 1 aromatic heterocycles. The molecule has 0 radical (unpaired) electrons. The Kier molecular flexibility index (Phi) is 7.87. The van der Waals surface area contributed by atoms with Gasteiger partial charge in [0.05, 0.1) is 25.0 Å². The summed E-state index contributed by atoms with van der Waals surface area (Å²) >= 11 is 7.32. The number of ether oxygens (including phenoxy) is 2. The van der Waals surface area contributed by atoms with Gasteiger partial charge in [0.2, 0.25) is 5.91 Å². The Bertz CT molecular complexity index is 1110. The predicted molar refractivity (Wildman–Crippen MR) is 125 cm³/mol. The molecule has 8 nitrogen and oxygen atoms in total. The van der Waals surface area contributed by atoms with Gasteiger partial charge in [-0.2, -0.15) is 0 Å². The molecule has 2 aromatic carbocycles. The largest absolute Gasteiger partial charge is 0.507 e. The van der Waals surface area contributed by atoms with Crippen molar-refractivity contribution in [2.24, 2.45) is 7.05 Å². The Hall–Kier alpha value is -2.91. The first-order valence-corrected chi connectivity index (χ1v) is 11.1. The van der Waals surface area contributed by atoms with E-state index in [1.807, 2.05) is 25.1 Å². The zero-order valence-corrected chi connectivity index (χ0v) is 19.8. The van der Waals surface area contributed by atoms with Gasteiger partial charge < -0.3 is 24.5 Å². The summed E-state index contributed by atoms with van der Waals surface area (Å²) in [6, 6.07) is 10.4. The summed E-state index contributed by atoms with van der Waals surface area (Å²) in [7, 11) is 4.96. The van der Waals surface area contributed by atoms with E-state index in [1.165, 1.54) is 17.8 Å². The van der Waals surface area contributed by atoms with Crippen LogP contribution in [0.25, 0.3) is 11.4 Å². The molecule has 0 aliphatic carbocycles. The topological polar surface area (TPSA) is 98.5 Å². The molecule has 0 aliphatic heterocycles. The Balaban J connectivity index is 1.58. The van der Waals surface area contributed by atoms with E-state index in [1.54, 1.807) is 38.0 Å². The number of phenols is 1. The molecule has 1 atom stereocenters. The lowest BCUT2D eigenvalue weighted by atomic mass is 10.1. The van der Waals surface area contributed by atoms with Crippen molar-refractivity contribution in [1.82, 2.24) is 20.1 Å². The zero-order valence-electron chi connectivity index (χ0n) is 18.3. The normalized spacial score (nSPS) is 11.8. The van der Waals surface area contributed by atoms with Gasteiger partial charge in [0.25, 0.3) is 0 Å². The van der Waals surface area contributed by atoms with E-state index < -0.39 is 0 Å². The minimum atomic E-state index is -0.385. The molecule has 0 aliphatic rings. The van der Waals surface area contributed by atoms with E-state index in [4.69, 9.17) is 21.1 Å². The van der Waals surface area contributed by atoms with Crippen molar-refractivity contribution in [2.75, 3.05) is 20.8 Å². The fourth-order valence-corrected chi connectivity index (χ4v) is 4.07. The maximum atomic E-state index is 12.6. The molecular formula is C22H25ClN4O4S. The van der Waals surface area contributed by atoms with Gasteiger partial charge in [0, 0.05) is 18.6 Å². The van der Waals surface area contributed by atoms with Gasteiger partial charge in [0.1, 0.15) is 5.75 Å². The molecule has 3 rings (SSSR count). The van der Waals surface area contributed by atoms with Crippen LogP contribution in [0, 0.1) is 0 Å². The summed E-state index contributed by atoms with van der Waals surface area (Å²) in [5.41, 5.74) is 1.51. The van der Waals surface area contributed by atoms with E-state index in [-0.39, 0.29) is 16.9 Å². The number of phenolic OH excluding ortho intramolecular Hbond substituents is 1. The van der Waals surface area contributed by atoms with Crippen molar-refractivity contribution in [3.63, 3.8) is 0 Å². The molecular weight excluding hydrogens is 452 g/mol. The summed E-state index contributed by atoms with van der Waals surface area (Å²) < 4.78 is 12.3. The molecule has 0 fully saturated rings. The van der Waals surface area contributed by atoms with E-state index in [2.05, 4.69) is 15.5 Å². The third-order valence-corrected chi connectivity index (χ3v) is 6.22. The highest BCUT2D eigenvalue weighted by Gasteiger charge is 2.20. The second-order valence-electron chi connectivity index (χ2n) is 7.02. The summed E-state index contributed by atoms with van der Waals surface area (Å²) in [5, 5.41) is 22.0.